The molecule has 0 amide bonds. The third kappa shape index (κ3) is 6.37. The molecule has 1 aromatic heterocycles. The molecule has 1 N–H and O–H groups in total. The first-order valence-electron chi connectivity index (χ1n) is 9.76. The first-order chi connectivity index (χ1) is 12.3. The first kappa shape index (κ1) is 21.4. The quantitative estimate of drug-likeness (QED) is 0.270. The summed E-state index contributed by atoms with van der Waals surface area (Å²) in [7, 11) is 2.06. The van der Waals surface area contributed by atoms with E-state index in [2.05, 4.69) is 39.0 Å². The van der Waals surface area contributed by atoms with Gasteiger partial charge in [0.05, 0.1) is 6.61 Å². The minimum Gasteiger partial charge on any atom is -0.379 e. The van der Waals surface area contributed by atoms with E-state index >= 15 is 0 Å². The predicted octanol–water partition coefficient (Wildman–Crippen LogP) is 2.45. The van der Waals surface area contributed by atoms with Crippen LogP contribution in [0.3, 0.4) is 0 Å². The van der Waals surface area contributed by atoms with Gasteiger partial charge in [0.1, 0.15) is 12.4 Å². The van der Waals surface area contributed by atoms with Crippen LogP contribution in [0.1, 0.15) is 50.7 Å². The predicted molar refractivity (Wildman–Crippen MR) is 114 cm³/mol. The van der Waals surface area contributed by atoms with Crippen LogP contribution in [-0.2, 0) is 24.2 Å². The second-order valence-corrected chi connectivity index (χ2v) is 7.10. The average molecular weight is 476 g/mol. The van der Waals surface area contributed by atoms with Crippen LogP contribution in [0.25, 0.3) is 0 Å². The summed E-state index contributed by atoms with van der Waals surface area (Å²) in [4.78, 5) is 6.91. The van der Waals surface area contributed by atoms with Crippen LogP contribution < -0.4 is 5.32 Å². The number of aryl methyl sites for hydroxylation is 1. The Bertz CT molecular complexity index is 572. The highest BCUT2D eigenvalue weighted by Gasteiger charge is 2.21. The molecule has 1 fully saturated rings. The molecule has 0 aromatic carbocycles. The zero-order valence-corrected chi connectivity index (χ0v) is 18.4. The Morgan fingerprint density at radius 2 is 2.15 bits per heavy atom. The summed E-state index contributed by atoms with van der Waals surface area (Å²) in [5, 5.41) is 12.1. The second kappa shape index (κ2) is 11.1. The second-order valence-electron chi connectivity index (χ2n) is 7.10. The van der Waals surface area contributed by atoms with E-state index in [4.69, 9.17) is 9.73 Å². The van der Waals surface area contributed by atoms with Gasteiger partial charge in [-0.15, -0.1) is 34.2 Å². The molecule has 0 radical (unpaired) electrons. The van der Waals surface area contributed by atoms with Crippen LogP contribution in [0.2, 0.25) is 0 Å². The molecule has 0 atom stereocenters. The third-order valence-electron chi connectivity index (χ3n) is 4.87. The minimum atomic E-state index is 0. The van der Waals surface area contributed by atoms with Crippen LogP contribution in [0.15, 0.2) is 4.99 Å². The summed E-state index contributed by atoms with van der Waals surface area (Å²) in [5.74, 6) is 3.82. The van der Waals surface area contributed by atoms with Crippen molar-refractivity contribution in [3.63, 3.8) is 0 Å². The van der Waals surface area contributed by atoms with Gasteiger partial charge in [0, 0.05) is 39.7 Å². The van der Waals surface area contributed by atoms with Crippen molar-refractivity contribution in [2.24, 2.45) is 10.9 Å². The maximum absolute atomic E-state index is 5.74. The van der Waals surface area contributed by atoms with Crippen LogP contribution in [0.5, 0.6) is 0 Å². The van der Waals surface area contributed by atoms with Crippen molar-refractivity contribution in [3.8, 4) is 0 Å². The van der Waals surface area contributed by atoms with E-state index in [9.17, 15) is 0 Å². The Balaban J connectivity index is 0.00000243. The fourth-order valence-electron chi connectivity index (χ4n) is 3.12. The molecule has 0 unspecified atom stereocenters. The van der Waals surface area contributed by atoms with E-state index in [1.807, 2.05) is 0 Å². The highest BCUT2D eigenvalue weighted by molar-refractivity contribution is 14.0. The van der Waals surface area contributed by atoms with E-state index in [0.717, 1.165) is 62.8 Å². The topological polar surface area (TPSA) is 67.6 Å². The molecule has 7 nitrogen and oxygen atoms in total. The molecule has 2 aliphatic rings. The van der Waals surface area contributed by atoms with Crippen LogP contribution in [0, 0.1) is 5.92 Å². The summed E-state index contributed by atoms with van der Waals surface area (Å²) >= 11 is 0. The summed E-state index contributed by atoms with van der Waals surface area (Å²) in [5.41, 5.74) is 0. The number of hydrogen-bond acceptors (Lipinski definition) is 4. The van der Waals surface area contributed by atoms with Crippen molar-refractivity contribution in [2.75, 3.05) is 33.4 Å². The molecule has 1 aliphatic heterocycles. The Labute approximate surface area is 174 Å². The van der Waals surface area contributed by atoms with Crippen LogP contribution in [0.4, 0.5) is 0 Å². The monoisotopic (exact) mass is 476 g/mol. The molecule has 1 aliphatic carbocycles. The van der Waals surface area contributed by atoms with Crippen molar-refractivity contribution >= 4 is 29.9 Å². The van der Waals surface area contributed by atoms with Crippen molar-refractivity contribution in [2.45, 2.75) is 58.5 Å². The lowest BCUT2D eigenvalue weighted by Crippen LogP contribution is -2.40. The summed E-state index contributed by atoms with van der Waals surface area (Å²) in [6.45, 7) is 7.04. The van der Waals surface area contributed by atoms with Gasteiger partial charge in [0.15, 0.2) is 11.8 Å². The number of likely N-dealkylation sites (N-methyl/N-ethyl adjacent to an activating group) is 1. The number of nitrogens with one attached hydrogen (secondary N) is 1. The Morgan fingerprint density at radius 1 is 1.31 bits per heavy atom. The minimum absolute atomic E-state index is 0. The molecule has 1 saturated carbocycles. The third-order valence-corrected chi connectivity index (χ3v) is 4.87. The van der Waals surface area contributed by atoms with E-state index in [-0.39, 0.29) is 24.0 Å². The molecule has 26 heavy (non-hydrogen) atoms. The molecule has 3 rings (SSSR count). The first-order valence-corrected chi connectivity index (χ1v) is 9.76. The van der Waals surface area contributed by atoms with Crippen LogP contribution in [-0.4, -0.2) is 59.0 Å². The smallest absolute Gasteiger partial charge is 0.194 e. The zero-order chi connectivity index (χ0) is 17.5. The lowest BCUT2D eigenvalue weighted by atomic mass is 10.2. The molecule has 0 bridgehead atoms. The van der Waals surface area contributed by atoms with E-state index in [1.165, 1.54) is 32.1 Å². The number of fused-ring (bicyclic) bond motifs is 1. The number of nitrogens with zero attached hydrogens (tertiary/aromatic N) is 5. The number of aliphatic imine (C=N–C) groups is 1. The van der Waals surface area contributed by atoms with Gasteiger partial charge in [-0.25, -0.2) is 4.99 Å². The lowest BCUT2D eigenvalue weighted by Gasteiger charge is -2.22. The number of guanidine groups is 1. The van der Waals surface area contributed by atoms with Gasteiger partial charge in [-0.3, -0.25) is 0 Å². The van der Waals surface area contributed by atoms with Gasteiger partial charge in [-0.05, 0) is 38.5 Å². The fourth-order valence-corrected chi connectivity index (χ4v) is 3.12. The average Bonchev–Trinajstić information content (AvgIpc) is 3.40. The number of hydrogen-bond donors (Lipinski definition) is 1. The van der Waals surface area contributed by atoms with Crippen molar-refractivity contribution in [1.29, 1.82) is 0 Å². The van der Waals surface area contributed by atoms with Gasteiger partial charge >= 0.3 is 0 Å². The SMILES string of the molecule is CCNC(=NCc1nnc2n1CCCCC2)N(C)CCOCC1CC1.I. The summed E-state index contributed by atoms with van der Waals surface area (Å²) in [6, 6.07) is 0. The lowest BCUT2D eigenvalue weighted by molar-refractivity contribution is 0.115. The van der Waals surface area contributed by atoms with Gasteiger partial charge in [-0.1, -0.05) is 6.42 Å². The Kier molecular flexibility index (Phi) is 9.10. The highest BCUT2D eigenvalue weighted by atomic mass is 127. The van der Waals surface area contributed by atoms with Crippen molar-refractivity contribution < 1.29 is 4.74 Å². The van der Waals surface area contributed by atoms with Gasteiger partial charge in [-0.2, -0.15) is 0 Å². The fraction of sp³-hybridized carbons (Fsp3) is 0.833. The molecule has 0 saturated heterocycles. The molecule has 8 heteroatoms. The molecule has 1 aromatic rings. The number of rotatable bonds is 8. The largest absolute Gasteiger partial charge is 0.379 e. The van der Waals surface area contributed by atoms with Gasteiger partial charge in [0.25, 0.3) is 0 Å². The van der Waals surface area contributed by atoms with Gasteiger partial charge < -0.3 is 19.5 Å². The highest BCUT2D eigenvalue weighted by Crippen LogP contribution is 2.28. The van der Waals surface area contributed by atoms with Crippen LogP contribution >= 0.6 is 24.0 Å². The molecular formula is C18H33IN6O. The van der Waals surface area contributed by atoms with E-state index in [0.29, 0.717) is 6.54 Å². The molecule has 0 spiro atoms. The normalized spacial score (nSPS) is 17.2. The van der Waals surface area contributed by atoms with Crippen molar-refractivity contribution in [1.82, 2.24) is 25.0 Å². The van der Waals surface area contributed by atoms with Crippen molar-refractivity contribution in [3.05, 3.63) is 11.6 Å². The Morgan fingerprint density at radius 3 is 2.92 bits per heavy atom. The maximum Gasteiger partial charge on any atom is 0.194 e. The summed E-state index contributed by atoms with van der Waals surface area (Å²) in [6.07, 6.45) is 7.41. The number of aromatic nitrogens is 3. The Hall–Kier alpha value is -0.900. The number of ether oxygens (including phenoxy) is 1. The zero-order valence-electron chi connectivity index (χ0n) is 16.1. The summed E-state index contributed by atoms with van der Waals surface area (Å²) < 4.78 is 8.01. The van der Waals surface area contributed by atoms with Gasteiger partial charge in [0.2, 0.25) is 0 Å². The molecule has 2 heterocycles. The standard InChI is InChI=1S/C18H32N6O.HI/c1-3-19-18(23(2)11-12-25-14-15-8-9-15)20-13-17-22-21-16-7-5-4-6-10-24(16)17;/h15H,3-14H2,1-2H3,(H,19,20);1H. The van der Waals surface area contributed by atoms with E-state index < -0.39 is 0 Å². The number of halogens is 1. The molecular weight excluding hydrogens is 443 g/mol. The molecule has 148 valence electrons. The maximum atomic E-state index is 5.74. The van der Waals surface area contributed by atoms with E-state index in [1.54, 1.807) is 0 Å².